The van der Waals surface area contributed by atoms with Crippen LogP contribution in [0.3, 0.4) is 0 Å². The summed E-state index contributed by atoms with van der Waals surface area (Å²) in [6.07, 6.45) is -5.09. The normalized spacial score (nSPS) is 20.3. The topological polar surface area (TPSA) is 55.5 Å². The SMILES string of the molecule is NCC1(C(O)c2ccc(F)c(C(F)(F)F)c2)CCOCC1. The minimum atomic E-state index is -4.80. The first-order valence-corrected chi connectivity index (χ1v) is 6.63. The van der Waals surface area contributed by atoms with Crippen LogP contribution in [-0.4, -0.2) is 24.9 Å². The van der Waals surface area contributed by atoms with Crippen molar-refractivity contribution in [3.8, 4) is 0 Å². The second-order valence-electron chi connectivity index (χ2n) is 5.32. The number of benzene rings is 1. The van der Waals surface area contributed by atoms with Gasteiger partial charge in [0.1, 0.15) is 5.82 Å². The molecule has 1 aliphatic heterocycles. The van der Waals surface area contributed by atoms with E-state index < -0.39 is 29.1 Å². The van der Waals surface area contributed by atoms with Crippen LogP contribution >= 0.6 is 0 Å². The monoisotopic (exact) mass is 307 g/mol. The lowest BCUT2D eigenvalue weighted by Gasteiger charge is -2.40. The van der Waals surface area contributed by atoms with Crippen molar-refractivity contribution >= 4 is 0 Å². The molecule has 1 aromatic carbocycles. The second kappa shape index (κ2) is 5.90. The highest BCUT2D eigenvalue weighted by atomic mass is 19.4. The van der Waals surface area contributed by atoms with Crippen LogP contribution in [0.25, 0.3) is 0 Å². The van der Waals surface area contributed by atoms with Gasteiger partial charge in [-0.25, -0.2) is 4.39 Å². The van der Waals surface area contributed by atoms with E-state index >= 15 is 0 Å². The Kier molecular flexibility index (Phi) is 4.55. The van der Waals surface area contributed by atoms with Gasteiger partial charge >= 0.3 is 6.18 Å². The van der Waals surface area contributed by atoms with Gasteiger partial charge in [-0.2, -0.15) is 13.2 Å². The summed E-state index contributed by atoms with van der Waals surface area (Å²) in [6.45, 7) is 0.902. The maximum atomic E-state index is 13.3. The summed E-state index contributed by atoms with van der Waals surface area (Å²) in [5, 5.41) is 10.5. The largest absolute Gasteiger partial charge is 0.419 e. The molecule has 3 nitrogen and oxygen atoms in total. The first-order chi connectivity index (χ1) is 9.80. The van der Waals surface area contributed by atoms with Crippen LogP contribution in [-0.2, 0) is 10.9 Å². The summed E-state index contributed by atoms with van der Waals surface area (Å²) in [5.74, 6) is -1.35. The molecule has 0 bridgehead atoms. The molecule has 21 heavy (non-hydrogen) atoms. The Hall–Kier alpha value is -1.18. The van der Waals surface area contributed by atoms with Gasteiger partial charge in [-0.3, -0.25) is 0 Å². The van der Waals surface area contributed by atoms with Crippen LogP contribution in [0.4, 0.5) is 17.6 Å². The summed E-state index contributed by atoms with van der Waals surface area (Å²) < 4.78 is 56.7. The zero-order valence-electron chi connectivity index (χ0n) is 11.3. The highest BCUT2D eigenvalue weighted by Crippen LogP contribution is 2.43. The van der Waals surface area contributed by atoms with Crippen LogP contribution in [0.15, 0.2) is 18.2 Å². The fourth-order valence-corrected chi connectivity index (χ4v) is 2.65. The molecule has 0 amide bonds. The third-order valence-corrected chi connectivity index (χ3v) is 4.09. The molecule has 0 saturated carbocycles. The van der Waals surface area contributed by atoms with Crippen molar-refractivity contribution in [3.63, 3.8) is 0 Å². The Morgan fingerprint density at radius 2 is 1.90 bits per heavy atom. The van der Waals surface area contributed by atoms with E-state index in [1.807, 2.05) is 0 Å². The van der Waals surface area contributed by atoms with Gasteiger partial charge in [-0.1, -0.05) is 6.07 Å². The van der Waals surface area contributed by atoms with Crippen molar-refractivity contribution in [1.82, 2.24) is 0 Å². The first kappa shape index (κ1) is 16.2. The molecule has 1 heterocycles. The minimum Gasteiger partial charge on any atom is -0.388 e. The van der Waals surface area contributed by atoms with Crippen LogP contribution in [0.1, 0.15) is 30.1 Å². The Labute approximate surface area is 119 Å². The third kappa shape index (κ3) is 3.20. The fraction of sp³-hybridized carbons (Fsp3) is 0.571. The quantitative estimate of drug-likeness (QED) is 0.844. The van der Waals surface area contributed by atoms with Crippen LogP contribution in [0.5, 0.6) is 0 Å². The summed E-state index contributed by atoms with van der Waals surface area (Å²) in [6, 6.07) is 2.56. The number of rotatable bonds is 3. The number of alkyl halides is 3. The standard InChI is InChI=1S/C14H17F4NO2/c15-11-2-1-9(7-10(11)14(16,17)18)12(20)13(8-19)3-5-21-6-4-13/h1-2,7,12,20H,3-6,8,19H2. The van der Waals surface area contributed by atoms with E-state index in [4.69, 9.17) is 10.5 Å². The Balaban J connectivity index is 2.36. The van der Waals surface area contributed by atoms with Gasteiger partial charge < -0.3 is 15.6 Å². The first-order valence-electron chi connectivity index (χ1n) is 6.63. The van der Waals surface area contributed by atoms with Gasteiger partial charge in [-0.15, -0.1) is 0 Å². The van der Waals surface area contributed by atoms with Gasteiger partial charge in [0.15, 0.2) is 0 Å². The van der Waals surface area contributed by atoms with E-state index in [1.165, 1.54) is 6.07 Å². The van der Waals surface area contributed by atoms with Gasteiger partial charge in [0.2, 0.25) is 0 Å². The Bertz CT molecular complexity index is 498. The molecule has 0 aliphatic carbocycles. The van der Waals surface area contributed by atoms with Crippen LogP contribution in [0, 0.1) is 11.2 Å². The van der Waals surface area contributed by atoms with E-state index in [1.54, 1.807) is 0 Å². The van der Waals surface area contributed by atoms with E-state index in [0.717, 1.165) is 6.07 Å². The van der Waals surface area contributed by atoms with Gasteiger partial charge in [-0.05, 0) is 30.5 Å². The fourth-order valence-electron chi connectivity index (χ4n) is 2.65. The van der Waals surface area contributed by atoms with Crippen molar-refractivity contribution in [3.05, 3.63) is 35.1 Å². The number of hydrogen-bond acceptors (Lipinski definition) is 3. The molecule has 1 saturated heterocycles. The molecule has 1 fully saturated rings. The lowest BCUT2D eigenvalue weighted by atomic mass is 9.73. The number of hydrogen-bond donors (Lipinski definition) is 2. The third-order valence-electron chi connectivity index (χ3n) is 4.09. The highest BCUT2D eigenvalue weighted by molar-refractivity contribution is 5.30. The number of aliphatic hydroxyl groups is 1. The maximum Gasteiger partial charge on any atom is 0.419 e. The Morgan fingerprint density at radius 1 is 1.29 bits per heavy atom. The van der Waals surface area contributed by atoms with E-state index in [-0.39, 0.29) is 12.1 Å². The van der Waals surface area contributed by atoms with Crippen molar-refractivity contribution in [2.24, 2.45) is 11.1 Å². The molecule has 3 N–H and O–H groups in total. The molecule has 0 radical (unpaired) electrons. The maximum absolute atomic E-state index is 13.3. The summed E-state index contributed by atoms with van der Waals surface area (Å²) in [7, 11) is 0. The van der Waals surface area contributed by atoms with Gasteiger partial charge in [0.05, 0.1) is 11.7 Å². The zero-order valence-corrected chi connectivity index (χ0v) is 11.3. The van der Waals surface area contributed by atoms with Crippen LogP contribution in [0.2, 0.25) is 0 Å². The summed E-state index contributed by atoms with van der Waals surface area (Å²) >= 11 is 0. The molecule has 1 unspecified atom stereocenters. The lowest BCUT2D eigenvalue weighted by Crippen LogP contribution is -2.41. The average Bonchev–Trinajstić information content (AvgIpc) is 2.46. The molecule has 0 spiro atoms. The predicted molar refractivity (Wildman–Crippen MR) is 67.9 cm³/mol. The number of halogens is 4. The second-order valence-corrected chi connectivity index (χ2v) is 5.32. The molecular weight excluding hydrogens is 290 g/mol. The summed E-state index contributed by atoms with van der Waals surface area (Å²) in [5.41, 5.74) is 3.63. The van der Waals surface area contributed by atoms with Crippen molar-refractivity contribution in [1.29, 1.82) is 0 Å². The van der Waals surface area contributed by atoms with E-state index in [9.17, 15) is 22.7 Å². The molecule has 1 aliphatic rings. The van der Waals surface area contributed by atoms with Gasteiger partial charge in [0.25, 0.3) is 0 Å². The number of aliphatic hydroxyl groups excluding tert-OH is 1. The smallest absolute Gasteiger partial charge is 0.388 e. The minimum absolute atomic E-state index is 0.0241. The molecule has 118 valence electrons. The molecule has 0 aromatic heterocycles. The zero-order chi connectivity index (χ0) is 15.7. The number of nitrogens with two attached hydrogens (primary N) is 1. The number of ether oxygens (including phenoxy) is 1. The van der Waals surface area contributed by atoms with Crippen molar-refractivity contribution in [2.45, 2.75) is 25.1 Å². The summed E-state index contributed by atoms with van der Waals surface area (Å²) in [4.78, 5) is 0. The van der Waals surface area contributed by atoms with Crippen LogP contribution < -0.4 is 5.73 Å². The molecular formula is C14H17F4NO2. The van der Waals surface area contributed by atoms with E-state index in [2.05, 4.69) is 0 Å². The van der Waals surface area contributed by atoms with Crippen molar-refractivity contribution < 1.29 is 27.4 Å². The van der Waals surface area contributed by atoms with Crippen molar-refractivity contribution in [2.75, 3.05) is 19.8 Å². The molecule has 2 rings (SSSR count). The molecule has 1 aromatic rings. The van der Waals surface area contributed by atoms with Gasteiger partial charge in [0, 0.05) is 25.2 Å². The molecule has 1 atom stereocenters. The molecule has 7 heteroatoms. The highest BCUT2D eigenvalue weighted by Gasteiger charge is 2.41. The lowest BCUT2D eigenvalue weighted by molar-refractivity contribution is -0.140. The Morgan fingerprint density at radius 3 is 2.43 bits per heavy atom. The predicted octanol–water partition coefficient (Wildman–Crippen LogP) is 2.63. The van der Waals surface area contributed by atoms with E-state index in [0.29, 0.717) is 32.1 Å². The average molecular weight is 307 g/mol.